The first-order valence-corrected chi connectivity index (χ1v) is 8.90. The van der Waals surface area contributed by atoms with Crippen molar-refractivity contribution in [2.24, 2.45) is 5.14 Å². The second-order valence-corrected chi connectivity index (χ2v) is 6.99. The number of carbonyl (C=O) groups is 1. The van der Waals surface area contributed by atoms with E-state index in [4.69, 9.17) is 14.3 Å². The monoisotopic (exact) mass is 380 g/mol. The van der Waals surface area contributed by atoms with E-state index < -0.39 is 10.0 Å². The van der Waals surface area contributed by atoms with Gasteiger partial charge in [0.15, 0.2) is 10.4 Å². The standard InChI is InChI=1S/C12H17BrN2O5S/c1-2-19-8-3-5-15(6-4-8)12(16)9-7-10(11(13)20-9)21(14,17)18/h7-8H,2-6H2,1H3,(H2,14,17,18). The smallest absolute Gasteiger partial charge is 0.289 e. The maximum atomic E-state index is 12.3. The summed E-state index contributed by atoms with van der Waals surface area (Å²) < 4.78 is 33.3. The first-order valence-electron chi connectivity index (χ1n) is 6.56. The molecule has 0 aromatic carbocycles. The van der Waals surface area contributed by atoms with Crippen molar-refractivity contribution in [1.82, 2.24) is 4.90 Å². The largest absolute Gasteiger partial charge is 0.443 e. The number of likely N-dealkylation sites (tertiary alicyclic amines) is 1. The number of hydrogen-bond acceptors (Lipinski definition) is 5. The SMILES string of the molecule is CCOC1CCN(C(=O)c2cc(S(N)(=O)=O)c(Br)o2)CC1. The first kappa shape index (κ1) is 16.5. The minimum atomic E-state index is -3.92. The Morgan fingerprint density at radius 3 is 2.62 bits per heavy atom. The predicted molar refractivity (Wildman–Crippen MR) is 78.3 cm³/mol. The number of hydrogen-bond donors (Lipinski definition) is 1. The van der Waals surface area contributed by atoms with Crippen LogP contribution < -0.4 is 5.14 Å². The number of amides is 1. The van der Waals surface area contributed by atoms with Crippen molar-refractivity contribution in [3.8, 4) is 0 Å². The fourth-order valence-electron chi connectivity index (χ4n) is 2.27. The average molecular weight is 381 g/mol. The summed E-state index contributed by atoms with van der Waals surface area (Å²) in [6.45, 7) is 3.69. The second-order valence-electron chi connectivity index (χ2n) is 4.74. The Morgan fingerprint density at radius 2 is 2.14 bits per heavy atom. The number of nitrogens with two attached hydrogens (primary N) is 1. The number of carbonyl (C=O) groups excluding carboxylic acids is 1. The second kappa shape index (κ2) is 6.47. The zero-order chi connectivity index (χ0) is 15.6. The van der Waals surface area contributed by atoms with Gasteiger partial charge >= 0.3 is 0 Å². The molecular weight excluding hydrogens is 364 g/mol. The lowest BCUT2D eigenvalue weighted by molar-refractivity contribution is 0.0136. The van der Waals surface area contributed by atoms with Crippen molar-refractivity contribution in [2.75, 3.05) is 19.7 Å². The van der Waals surface area contributed by atoms with E-state index in [9.17, 15) is 13.2 Å². The Morgan fingerprint density at radius 1 is 1.52 bits per heavy atom. The van der Waals surface area contributed by atoms with Gasteiger partial charge in [-0.15, -0.1) is 0 Å². The van der Waals surface area contributed by atoms with Crippen LogP contribution in [-0.4, -0.2) is 45.0 Å². The third kappa shape index (κ3) is 3.85. The summed E-state index contributed by atoms with van der Waals surface area (Å²) in [5, 5.41) is 5.04. The molecule has 1 aliphatic heterocycles. The highest BCUT2D eigenvalue weighted by atomic mass is 79.9. The van der Waals surface area contributed by atoms with Gasteiger partial charge in [0.1, 0.15) is 4.90 Å². The summed E-state index contributed by atoms with van der Waals surface area (Å²) in [6, 6.07) is 1.15. The molecule has 7 nitrogen and oxygen atoms in total. The molecule has 1 aromatic heterocycles. The van der Waals surface area contributed by atoms with Crippen molar-refractivity contribution < 1.29 is 22.4 Å². The number of furan rings is 1. The molecule has 0 aliphatic carbocycles. The van der Waals surface area contributed by atoms with E-state index in [0.29, 0.717) is 19.7 Å². The molecule has 1 saturated heterocycles. The molecule has 0 bridgehead atoms. The summed E-state index contributed by atoms with van der Waals surface area (Å²) in [7, 11) is -3.92. The molecule has 2 rings (SSSR count). The highest BCUT2D eigenvalue weighted by Crippen LogP contribution is 2.26. The minimum absolute atomic E-state index is 0.0410. The molecular formula is C12H17BrN2O5S. The molecule has 118 valence electrons. The Balaban J connectivity index is 2.08. The first-order chi connectivity index (χ1) is 9.82. The van der Waals surface area contributed by atoms with Crippen LogP contribution in [0.4, 0.5) is 0 Å². The van der Waals surface area contributed by atoms with Gasteiger partial charge in [0.05, 0.1) is 6.10 Å². The lowest BCUT2D eigenvalue weighted by Crippen LogP contribution is -2.40. The van der Waals surface area contributed by atoms with Crippen LogP contribution in [0, 0.1) is 0 Å². The third-order valence-corrected chi connectivity index (χ3v) is 5.07. The third-order valence-electron chi connectivity index (χ3n) is 3.30. The normalized spacial score (nSPS) is 17.2. The summed E-state index contributed by atoms with van der Waals surface area (Å²) in [6.07, 6.45) is 1.68. The van der Waals surface area contributed by atoms with Gasteiger partial charge in [-0.25, -0.2) is 13.6 Å². The zero-order valence-electron chi connectivity index (χ0n) is 11.5. The number of halogens is 1. The van der Waals surface area contributed by atoms with E-state index in [-0.39, 0.29) is 27.3 Å². The number of rotatable bonds is 4. The number of primary sulfonamides is 1. The predicted octanol–water partition coefficient (Wildman–Crippen LogP) is 1.33. The molecule has 2 N–H and O–H groups in total. The van der Waals surface area contributed by atoms with E-state index in [1.54, 1.807) is 4.90 Å². The maximum Gasteiger partial charge on any atom is 0.289 e. The van der Waals surface area contributed by atoms with Crippen molar-refractivity contribution in [3.05, 3.63) is 16.5 Å². The van der Waals surface area contributed by atoms with Gasteiger partial charge in [0, 0.05) is 25.8 Å². The lowest BCUT2D eigenvalue weighted by atomic mass is 10.1. The van der Waals surface area contributed by atoms with Crippen LogP contribution in [0.3, 0.4) is 0 Å². The van der Waals surface area contributed by atoms with Crippen molar-refractivity contribution in [2.45, 2.75) is 30.8 Å². The molecule has 0 spiro atoms. The van der Waals surface area contributed by atoms with Crippen LogP contribution in [0.5, 0.6) is 0 Å². The van der Waals surface area contributed by atoms with Crippen LogP contribution in [0.1, 0.15) is 30.3 Å². The Hall–Kier alpha value is -0.900. The van der Waals surface area contributed by atoms with Crippen molar-refractivity contribution in [1.29, 1.82) is 0 Å². The lowest BCUT2D eigenvalue weighted by Gasteiger charge is -2.31. The summed E-state index contributed by atoms with van der Waals surface area (Å²) in [5.41, 5.74) is 0. The minimum Gasteiger partial charge on any atom is -0.443 e. The van der Waals surface area contributed by atoms with E-state index in [1.807, 2.05) is 6.92 Å². The van der Waals surface area contributed by atoms with Gasteiger partial charge in [-0.2, -0.15) is 0 Å². The Kier molecular flexibility index (Phi) is 5.07. The number of piperidine rings is 1. The van der Waals surface area contributed by atoms with E-state index in [1.165, 1.54) is 0 Å². The van der Waals surface area contributed by atoms with Crippen molar-refractivity contribution in [3.63, 3.8) is 0 Å². The molecule has 0 radical (unpaired) electrons. The van der Waals surface area contributed by atoms with Gasteiger partial charge in [-0.3, -0.25) is 4.79 Å². The zero-order valence-corrected chi connectivity index (χ0v) is 13.9. The molecule has 0 unspecified atom stereocenters. The topological polar surface area (TPSA) is 103 Å². The highest BCUT2D eigenvalue weighted by molar-refractivity contribution is 9.10. The summed E-state index contributed by atoms with van der Waals surface area (Å²) in [5.74, 6) is -0.388. The summed E-state index contributed by atoms with van der Waals surface area (Å²) >= 11 is 2.96. The van der Waals surface area contributed by atoms with Crippen LogP contribution in [0.2, 0.25) is 0 Å². The van der Waals surface area contributed by atoms with E-state index >= 15 is 0 Å². The van der Waals surface area contributed by atoms with E-state index in [2.05, 4.69) is 15.9 Å². The maximum absolute atomic E-state index is 12.3. The Labute approximate surface area is 131 Å². The molecule has 1 aliphatic rings. The quantitative estimate of drug-likeness (QED) is 0.848. The van der Waals surface area contributed by atoms with E-state index in [0.717, 1.165) is 18.9 Å². The van der Waals surface area contributed by atoms with Gasteiger partial charge in [-0.05, 0) is 35.7 Å². The van der Waals surface area contributed by atoms with Crippen LogP contribution in [0.25, 0.3) is 0 Å². The van der Waals surface area contributed by atoms with Crippen LogP contribution >= 0.6 is 15.9 Å². The van der Waals surface area contributed by atoms with Crippen LogP contribution in [-0.2, 0) is 14.8 Å². The average Bonchev–Trinajstić information content (AvgIpc) is 2.81. The molecule has 1 fully saturated rings. The summed E-state index contributed by atoms with van der Waals surface area (Å²) in [4.78, 5) is 13.7. The van der Waals surface area contributed by atoms with Crippen LogP contribution in [0.15, 0.2) is 20.0 Å². The molecule has 0 atom stereocenters. The fourth-order valence-corrected chi connectivity index (χ4v) is 3.77. The van der Waals surface area contributed by atoms with Gasteiger partial charge in [-0.1, -0.05) is 0 Å². The van der Waals surface area contributed by atoms with Gasteiger partial charge < -0.3 is 14.1 Å². The molecule has 2 heterocycles. The molecule has 1 aromatic rings. The highest BCUT2D eigenvalue weighted by Gasteiger charge is 2.28. The van der Waals surface area contributed by atoms with Crippen molar-refractivity contribution >= 4 is 31.9 Å². The molecule has 1 amide bonds. The van der Waals surface area contributed by atoms with Gasteiger partial charge in [0.2, 0.25) is 10.0 Å². The molecule has 21 heavy (non-hydrogen) atoms. The number of nitrogens with zero attached hydrogens (tertiary/aromatic N) is 1. The molecule has 0 saturated carbocycles. The Bertz CT molecular complexity index is 620. The number of sulfonamides is 1. The number of ether oxygens (including phenoxy) is 1. The fraction of sp³-hybridized carbons (Fsp3) is 0.583. The van der Waals surface area contributed by atoms with Gasteiger partial charge in [0.25, 0.3) is 5.91 Å². The molecule has 9 heteroatoms.